The van der Waals surface area contributed by atoms with Gasteiger partial charge in [0.25, 0.3) is 0 Å². The van der Waals surface area contributed by atoms with Gasteiger partial charge in [0.05, 0.1) is 18.0 Å². The number of methoxy groups -OCH3 is 1. The smallest absolute Gasteiger partial charge is 0.243 e. The van der Waals surface area contributed by atoms with Gasteiger partial charge in [-0.15, -0.1) is 0 Å². The third-order valence-electron chi connectivity index (χ3n) is 5.43. The van der Waals surface area contributed by atoms with Gasteiger partial charge in [0, 0.05) is 19.0 Å². The Balaban J connectivity index is 1.46. The normalized spacial score (nSPS) is 16.5. The van der Waals surface area contributed by atoms with Crippen LogP contribution in [0.25, 0.3) is 0 Å². The highest BCUT2D eigenvalue weighted by atomic mass is 32.2. The van der Waals surface area contributed by atoms with Crippen LogP contribution in [0.5, 0.6) is 11.5 Å². The third kappa shape index (κ3) is 5.98. The average Bonchev–Trinajstić information content (AvgIpc) is 2.78. The van der Waals surface area contributed by atoms with Crippen LogP contribution in [0, 0.1) is 12.8 Å². The summed E-state index contributed by atoms with van der Waals surface area (Å²) in [6.07, 6.45) is 1.01. The predicted molar refractivity (Wildman–Crippen MR) is 119 cm³/mol. The maximum atomic E-state index is 12.8. The lowest BCUT2D eigenvalue weighted by Gasteiger charge is -2.31. The van der Waals surface area contributed by atoms with Crippen molar-refractivity contribution < 1.29 is 22.7 Å². The Kier molecular flexibility index (Phi) is 7.56. The standard InChI is InChI=1S/C23H30N2O5S/c1-17-4-10-22(11-5-17)31(27,28)25-14-12-19(13-15-25)23(26)24-18(2)16-30-21-8-6-20(29-3)7-9-21/h4-11,18-19H,12-16H2,1-3H3,(H,24,26). The maximum absolute atomic E-state index is 12.8. The van der Waals surface area contributed by atoms with Gasteiger partial charge in [-0.3, -0.25) is 4.79 Å². The van der Waals surface area contributed by atoms with Crippen LogP contribution in [0.3, 0.4) is 0 Å². The van der Waals surface area contributed by atoms with Gasteiger partial charge in [0.2, 0.25) is 15.9 Å². The van der Waals surface area contributed by atoms with E-state index in [-0.39, 0.29) is 17.9 Å². The highest BCUT2D eigenvalue weighted by Gasteiger charge is 2.32. The maximum Gasteiger partial charge on any atom is 0.243 e. The van der Waals surface area contributed by atoms with Gasteiger partial charge < -0.3 is 14.8 Å². The minimum Gasteiger partial charge on any atom is -0.497 e. The van der Waals surface area contributed by atoms with Crippen molar-refractivity contribution in [3.05, 3.63) is 54.1 Å². The number of nitrogens with zero attached hydrogens (tertiary/aromatic N) is 1. The van der Waals surface area contributed by atoms with Crippen molar-refractivity contribution in [1.82, 2.24) is 9.62 Å². The topological polar surface area (TPSA) is 84.9 Å². The summed E-state index contributed by atoms with van der Waals surface area (Å²) in [7, 11) is -1.92. The molecule has 2 aromatic rings. The van der Waals surface area contributed by atoms with Gasteiger partial charge >= 0.3 is 0 Å². The lowest BCUT2D eigenvalue weighted by Crippen LogP contribution is -2.45. The fourth-order valence-corrected chi connectivity index (χ4v) is 4.98. The first-order chi connectivity index (χ1) is 14.8. The van der Waals surface area contributed by atoms with Crippen molar-refractivity contribution >= 4 is 15.9 Å². The third-order valence-corrected chi connectivity index (χ3v) is 7.34. The van der Waals surface area contributed by atoms with Gasteiger partial charge in [-0.2, -0.15) is 4.31 Å². The van der Waals surface area contributed by atoms with E-state index in [1.807, 2.05) is 38.1 Å². The molecule has 0 saturated carbocycles. The first-order valence-corrected chi connectivity index (χ1v) is 11.9. The second kappa shape index (κ2) is 10.2. The Hall–Kier alpha value is -2.58. The predicted octanol–water partition coefficient (Wildman–Crippen LogP) is 2.99. The SMILES string of the molecule is COc1ccc(OCC(C)NC(=O)C2CCN(S(=O)(=O)c3ccc(C)cc3)CC2)cc1. The summed E-state index contributed by atoms with van der Waals surface area (Å²) in [6, 6.07) is 14.0. The molecule has 3 rings (SSSR count). The first-order valence-electron chi connectivity index (χ1n) is 10.4. The fraction of sp³-hybridized carbons (Fsp3) is 0.435. The number of carbonyl (C=O) groups is 1. The van der Waals surface area contributed by atoms with Crippen LogP contribution in [0.15, 0.2) is 53.4 Å². The number of carbonyl (C=O) groups excluding carboxylic acids is 1. The Morgan fingerprint density at radius 1 is 1.06 bits per heavy atom. The number of sulfonamides is 1. The number of hydrogen-bond acceptors (Lipinski definition) is 5. The number of hydrogen-bond donors (Lipinski definition) is 1. The van der Waals surface area contributed by atoms with Crippen LogP contribution in [-0.2, 0) is 14.8 Å². The molecule has 1 aliphatic rings. The van der Waals surface area contributed by atoms with E-state index in [2.05, 4.69) is 5.32 Å². The molecule has 168 valence electrons. The van der Waals surface area contributed by atoms with Crippen LogP contribution in [-0.4, -0.2) is 51.5 Å². The Bertz CT molecular complexity index is 966. The van der Waals surface area contributed by atoms with Crippen molar-refractivity contribution in [2.45, 2.75) is 37.6 Å². The molecule has 0 bridgehead atoms. The lowest BCUT2D eigenvalue weighted by atomic mass is 9.97. The summed E-state index contributed by atoms with van der Waals surface area (Å²) in [5.74, 6) is 1.20. The van der Waals surface area contributed by atoms with E-state index in [1.54, 1.807) is 31.4 Å². The van der Waals surface area contributed by atoms with Crippen molar-refractivity contribution in [3.8, 4) is 11.5 Å². The van der Waals surface area contributed by atoms with E-state index in [0.717, 1.165) is 11.3 Å². The minimum atomic E-state index is -3.52. The summed E-state index contributed by atoms with van der Waals surface area (Å²) in [4.78, 5) is 12.9. The highest BCUT2D eigenvalue weighted by molar-refractivity contribution is 7.89. The number of amides is 1. The zero-order chi connectivity index (χ0) is 22.4. The molecule has 1 amide bonds. The molecular formula is C23H30N2O5S. The monoisotopic (exact) mass is 446 g/mol. The summed E-state index contributed by atoms with van der Waals surface area (Å²) in [6.45, 7) is 4.83. The Labute approximate surface area is 184 Å². The van der Waals surface area contributed by atoms with E-state index in [1.165, 1.54) is 4.31 Å². The molecule has 0 radical (unpaired) electrons. The number of nitrogens with one attached hydrogen (secondary N) is 1. The number of aryl methyl sites for hydroxylation is 1. The van der Waals surface area contributed by atoms with E-state index in [4.69, 9.17) is 9.47 Å². The molecule has 31 heavy (non-hydrogen) atoms. The molecule has 0 aliphatic carbocycles. The van der Waals surface area contributed by atoms with Gasteiger partial charge in [-0.05, 0) is 63.1 Å². The molecular weight excluding hydrogens is 416 g/mol. The molecule has 1 aliphatic heterocycles. The fourth-order valence-electron chi connectivity index (χ4n) is 3.51. The van der Waals surface area contributed by atoms with Gasteiger partial charge in [0.1, 0.15) is 18.1 Å². The number of piperidine rings is 1. The van der Waals surface area contributed by atoms with Crippen molar-refractivity contribution in [2.75, 3.05) is 26.8 Å². The first kappa shape index (κ1) is 23.1. The van der Waals surface area contributed by atoms with E-state index >= 15 is 0 Å². The molecule has 1 saturated heterocycles. The molecule has 7 nitrogen and oxygen atoms in total. The molecule has 0 spiro atoms. The second-order valence-electron chi connectivity index (χ2n) is 7.89. The van der Waals surface area contributed by atoms with Crippen LogP contribution in [0.1, 0.15) is 25.3 Å². The van der Waals surface area contributed by atoms with E-state index in [9.17, 15) is 13.2 Å². The summed E-state index contributed by atoms with van der Waals surface area (Å²) < 4.78 is 37.9. The Morgan fingerprint density at radius 3 is 2.23 bits per heavy atom. The molecule has 1 unspecified atom stereocenters. The molecule has 1 N–H and O–H groups in total. The van der Waals surface area contributed by atoms with Crippen LogP contribution < -0.4 is 14.8 Å². The summed E-state index contributed by atoms with van der Waals surface area (Å²) >= 11 is 0. The quantitative estimate of drug-likeness (QED) is 0.674. The highest BCUT2D eigenvalue weighted by Crippen LogP contribution is 2.24. The van der Waals surface area contributed by atoms with E-state index < -0.39 is 10.0 Å². The summed E-state index contributed by atoms with van der Waals surface area (Å²) in [5, 5.41) is 2.98. The summed E-state index contributed by atoms with van der Waals surface area (Å²) in [5.41, 5.74) is 1.01. The largest absolute Gasteiger partial charge is 0.497 e. The zero-order valence-corrected chi connectivity index (χ0v) is 19.0. The van der Waals surface area contributed by atoms with E-state index in [0.29, 0.717) is 43.2 Å². The van der Waals surface area contributed by atoms with Crippen LogP contribution in [0.2, 0.25) is 0 Å². The van der Waals surface area contributed by atoms with Gasteiger partial charge in [-0.1, -0.05) is 17.7 Å². The lowest BCUT2D eigenvalue weighted by molar-refractivity contribution is -0.126. The van der Waals surface area contributed by atoms with Crippen molar-refractivity contribution in [2.24, 2.45) is 5.92 Å². The zero-order valence-electron chi connectivity index (χ0n) is 18.2. The van der Waals surface area contributed by atoms with Gasteiger partial charge in [0.15, 0.2) is 0 Å². The van der Waals surface area contributed by atoms with Gasteiger partial charge in [-0.25, -0.2) is 8.42 Å². The number of benzene rings is 2. The molecule has 1 fully saturated rings. The van der Waals surface area contributed by atoms with Crippen molar-refractivity contribution in [1.29, 1.82) is 0 Å². The molecule has 2 aromatic carbocycles. The minimum absolute atomic E-state index is 0.0572. The average molecular weight is 447 g/mol. The van der Waals surface area contributed by atoms with Crippen molar-refractivity contribution in [3.63, 3.8) is 0 Å². The molecule has 8 heteroatoms. The van der Waals surface area contributed by atoms with Crippen LogP contribution >= 0.6 is 0 Å². The number of ether oxygens (including phenoxy) is 2. The van der Waals surface area contributed by atoms with Crippen LogP contribution in [0.4, 0.5) is 0 Å². The molecule has 1 heterocycles. The Morgan fingerprint density at radius 2 is 1.65 bits per heavy atom. The second-order valence-corrected chi connectivity index (χ2v) is 9.83. The molecule has 1 atom stereocenters. The molecule has 0 aromatic heterocycles. The number of rotatable bonds is 8.